The fraction of sp³-hybridized carbons (Fsp3) is 0.486. The predicted molar refractivity (Wildman–Crippen MR) is 170 cm³/mol. The first-order valence-corrected chi connectivity index (χ1v) is 15.9. The van der Waals surface area contributed by atoms with Crippen LogP contribution in [0.5, 0.6) is 0 Å². The van der Waals surface area contributed by atoms with Crippen molar-refractivity contribution in [3.05, 3.63) is 107 Å². The van der Waals surface area contributed by atoms with Crippen molar-refractivity contribution < 1.29 is 29.6 Å². The summed E-state index contributed by atoms with van der Waals surface area (Å²) in [6.07, 6.45) is 6.86. The van der Waals surface area contributed by atoms with Crippen molar-refractivity contribution in [3.8, 4) is 0 Å². The molecule has 0 amide bonds. The summed E-state index contributed by atoms with van der Waals surface area (Å²) >= 11 is 0. The molecule has 3 aromatic rings. The summed E-state index contributed by atoms with van der Waals surface area (Å²) in [5.41, 5.74) is 2.91. The van der Waals surface area contributed by atoms with E-state index in [0.717, 1.165) is 29.5 Å². The number of ketones is 1. The van der Waals surface area contributed by atoms with Crippen molar-refractivity contribution in [1.82, 2.24) is 4.90 Å². The van der Waals surface area contributed by atoms with Crippen LogP contribution in [0.1, 0.15) is 91.1 Å². The van der Waals surface area contributed by atoms with E-state index in [4.69, 9.17) is 4.42 Å². The normalized spacial score (nSPS) is 26.7. The minimum atomic E-state index is -1.12. The monoisotopic (exact) mass is 601 g/mol. The van der Waals surface area contributed by atoms with E-state index in [1.165, 1.54) is 11.8 Å². The number of fused-ring (bicyclic) bond motifs is 8. The van der Waals surface area contributed by atoms with Crippen LogP contribution in [0.15, 0.2) is 83.0 Å². The number of aliphatic hydroxyl groups excluding tert-OH is 3. The molecule has 0 radical (unpaired) electrons. The fourth-order valence-electron chi connectivity index (χ4n) is 7.49. The largest absolute Gasteiger partial charge is 0.461 e. The molecular formula is C37H47NO6. The number of nitrogens with zero attached hydrogens (tertiary/aromatic N) is 1. The van der Waals surface area contributed by atoms with E-state index >= 15 is 0 Å². The van der Waals surface area contributed by atoms with Crippen LogP contribution >= 0.6 is 0 Å². The molecule has 7 heteroatoms. The molecule has 0 aliphatic heterocycles. The van der Waals surface area contributed by atoms with E-state index in [0.29, 0.717) is 50.8 Å². The van der Waals surface area contributed by atoms with E-state index in [2.05, 4.69) is 24.8 Å². The Morgan fingerprint density at radius 3 is 2.61 bits per heavy atom. The number of carbonyl (C=O) groups is 1. The van der Waals surface area contributed by atoms with E-state index in [1.54, 1.807) is 12.1 Å². The van der Waals surface area contributed by atoms with Gasteiger partial charge in [-0.15, -0.1) is 0 Å². The van der Waals surface area contributed by atoms with Crippen LogP contribution in [0, 0.1) is 5.41 Å². The maximum Gasteiger partial charge on any atom is 0.228 e. The lowest BCUT2D eigenvalue weighted by atomic mass is 9.64. The van der Waals surface area contributed by atoms with Gasteiger partial charge < -0.3 is 24.8 Å². The topological polar surface area (TPSA) is 114 Å². The Morgan fingerprint density at radius 2 is 1.89 bits per heavy atom. The zero-order chi connectivity index (χ0) is 31.3. The van der Waals surface area contributed by atoms with Crippen LogP contribution < -0.4 is 0 Å². The number of furan rings is 1. The maximum absolute atomic E-state index is 13.9. The summed E-state index contributed by atoms with van der Waals surface area (Å²) in [6, 6.07) is 19.3. The zero-order valence-electron chi connectivity index (χ0n) is 26.0. The highest BCUT2D eigenvalue weighted by Crippen LogP contribution is 2.59. The Morgan fingerprint density at radius 1 is 1.09 bits per heavy atom. The lowest BCUT2D eigenvalue weighted by Crippen LogP contribution is -2.53. The minimum absolute atomic E-state index is 0.113. The number of rotatable bonds is 9. The summed E-state index contributed by atoms with van der Waals surface area (Å²) in [5, 5.41) is 43.7. The van der Waals surface area contributed by atoms with Gasteiger partial charge in [-0.25, -0.2) is 0 Å². The smallest absolute Gasteiger partial charge is 0.228 e. The molecule has 5 atom stereocenters. The third-order valence-corrected chi connectivity index (χ3v) is 10.1. The van der Waals surface area contributed by atoms with Gasteiger partial charge in [0.1, 0.15) is 0 Å². The average molecular weight is 602 g/mol. The van der Waals surface area contributed by atoms with Crippen molar-refractivity contribution in [2.75, 3.05) is 19.7 Å². The van der Waals surface area contributed by atoms with Crippen LogP contribution in [0.2, 0.25) is 0 Å². The molecule has 4 N–H and O–H groups in total. The maximum atomic E-state index is 13.9. The van der Waals surface area contributed by atoms with Crippen molar-refractivity contribution in [2.24, 2.45) is 5.41 Å². The molecule has 0 spiro atoms. The predicted octanol–water partition coefficient (Wildman–Crippen LogP) is 5.40. The second-order valence-corrected chi connectivity index (χ2v) is 13.2. The van der Waals surface area contributed by atoms with Gasteiger partial charge >= 0.3 is 0 Å². The minimum Gasteiger partial charge on any atom is -0.461 e. The summed E-state index contributed by atoms with van der Waals surface area (Å²) in [4.78, 5) is 15.9. The van der Waals surface area contributed by atoms with E-state index in [-0.39, 0.29) is 30.6 Å². The third-order valence-electron chi connectivity index (χ3n) is 10.1. The van der Waals surface area contributed by atoms with Gasteiger partial charge in [-0.2, -0.15) is 0 Å². The van der Waals surface area contributed by atoms with E-state index in [9.17, 15) is 25.2 Å². The Hall–Kier alpha value is -3.07. The molecule has 2 bridgehead atoms. The number of benzene rings is 2. The molecule has 1 saturated carbocycles. The number of hydrogen-bond donors (Lipinski definition) is 4. The van der Waals surface area contributed by atoms with Gasteiger partial charge in [0.2, 0.25) is 5.78 Å². The SMILES string of the molecule is CC1=CCC[C@@]2(C)[C@@H](CC[C@@]2(O)CN(Cc2ccccc2)C[C@H](O)CO)c2ccc(cc2C(=O)c2ccco2)C[C@@H](O)CC1. The molecule has 6 rings (SSSR count). The van der Waals surface area contributed by atoms with Crippen LogP contribution in [0.4, 0.5) is 0 Å². The third kappa shape index (κ3) is 7.08. The van der Waals surface area contributed by atoms with Gasteiger partial charge in [0.05, 0.1) is 30.7 Å². The van der Waals surface area contributed by atoms with Gasteiger partial charge in [-0.1, -0.05) is 61.0 Å². The van der Waals surface area contributed by atoms with Crippen LogP contribution in [0.3, 0.4) is 0 Å². The molecule has 44 heavy (non-hydrogen) atoms. The van der Waals surface area contributed by atoms with Crippen LogP contribution in [-0.2, 0) is 13.0 Å². The van der Waals surface area contributed by atoms with Gasteiger partial charge in [-0.05, 0) is 92.7 Å². The number of hydrogen-bond acceptors (Lipinski definition) is 7. The van der Waals surface area contributed by atoms with E-state index < -0.39 is 23.2 Å². The highest BCUT2D eigenvalue weighted by atomic mass is 16.3. The average Bonchev–Trinajstić information content (AvgIpc) is 3.63. The highest BCUT2D eigenvalue weighted by molar-refractivity contribution is 6.08. The molecule has 3 aliphatic carbocycles. The zero-order valence-corrected chi connectivity index (χ0v) is 26.0. The van der Waals surface area contributed by atoms with Crippen LogP contribution in [0.25, 0.3) is 0 Å². The second kappa shape index (κ2) is 13.9. The first kappa shape index (κ1) is 32.3. The molecule has 7 nitrogen and oxygen atoms in total. The van der Waals surface area contributed by atoms with Crippen molar-refractivity contribution in [2.45, 2.75) is 89.1 Å². The number of aliphatic hydroxyl groups is 4. The molecule has 1 heterocycles. The molecule has 2 aromatic carbocycles. The van der Waals surface area contributed by atoms with Gasteiger partial charge in [0, 0.05) is 30.6 Å². The van der Waals surface area contributed by atoms with Gasteiger partial charge in [-0.3, -0.25) is 9.69 Å². The molecule has 0 saturated heterocycles. The Balaban J connectivity index is 1.57. The second-order valence-electron chi connectivity index (χ2n) is 13.2. The first-order chi connectivity index (χ1) is 21.1. The number of allylic oxidation sites excluding steroid dienone is 2. The molecule has 0 unspecified atom stereocenters. The quantitative estimate of drug-likeness (QED) is 0.192. The lowest BCUT2D eigenvalue weighted by Gasteiger charge is -2.46. The van der Waals surface area contributed by atoms with Crippen LogP contribution in [-0.4, -0.2) is 68.6 Å². The Labute approximate surface area is 260 Å². The molecule has 3 aliphatic rings. The standard InChI is InChI=1S/C37H47NO6/c1-26-8-6-17-36(2)33(16-18-37(36,43)25-38(23-30(41)24-39)22-27-9-4-3-5-10-27)31-15-13-28(20-29(40)14-12-26)21-32(31)35(42)34-11-7-19-44-34/h3-5,7-11,13,15,19,21,29-30,33,39-41,43H,6,12,14,16-18,20,22-25H2,1-2H3/t29-,30-,33-,36-,37+/m0/s1. The summed E-state index contributed by atoms with van der Waals surface area (Å²) in [6.45, 7) is 4.98. The summed E-state index contributed by atoms with van der Waals surface area (Å²) < 4.78 is 5.54. The fourth-order valence-corrected chi connectivity index (χ4v) is 7.49. The van der Waals surface area contributed by atoms with Gasteiger partial charge in [0.15, 0.2) is 5.76 Å². The molecular weight excluding hydrogens is 554 g/mol. The highest BCUT2D eigenvalue weighted by Gasteiger charge is 2.57. The van der Waals surface area contributed by atoms with Crippen molar-refractivity contribution in [1.29, 1.82) is 0 Å². The van der Waals surface area contributed by atoms with Crippen molar-refractivity contribution >= 4 is 5.78 Å². The molecule has 1 fully saturated rings. The Bertz CT molecular complexity index is 1420. The summed E-state index contributed by atoms with van der Waals surface area (Å²) in [7, 11) is 0. The summed E-state index contributed by atoms with van der Waals surface area (Å²) in [5.74, 6) is -0.0391. The lowest BCUT2D eigenvalue weighted by molar-refractivity contribution is -0.0907. The first-order valence-electron chi connectivity index (χ1n) is 15.9. The van der Waals surface area contributed by atoms with Crippen molar-refractivity contribution in [3.63, 3.8) is 0 Å². The molecule has 1 aromatic heterocycles. The van der Waals surface area contributed by atoms with E-state index in [1.807, 2.05) is 48.5 Å². The van der Waals surface area contributed by atoms with Gasteiger partial charge in [0.25, 0.3) is 0 Å². The Kier molecular flexibility index (Phi) is 10.2. The molecule has 236 valence electrons. The number of carbonyl (C=O) groups excluding carboxylic acids is 1.